The van der Waals surface area contributed by atoms with Crippen LogP contribution in [-0.4, -0.2) is 18.9 Å². The van der Waals surface area contributed by atoms with Crippen LogP contribution in [0.3, 0.4) is 0 Å². The predicted molar refractivity (Wildman–Crippen MR) is 130 cm³/mol. The maximum atomic E-state index is 13.5. The number of methoxy groups -OCH3 is 1. The smallest absolute Gasteiger partial charge is 0.336 e. The van der Waals surface area contributed by atoms with Crippen LogP contribution in [-0.2, 0) is 20.9 Å². The van der Waals surface area contributed by atoms with E-state index < -0.39 is 17.8 Å². The first-order valence-electron chi connectivity index (χ1n) is 11.5. The molecule has 0 fully saturated rings. The summed E-state index contributed by atoms with van der Waals surface area (Å²) in [5, 5.41) is 3.62. The number of benzene rings is 2. The number of hydrogen-bond donors (Lipinski definition) is 1. The highest BCUT2D eigenvalue weighted by molar-refractivity contribution is 5.96. The second-order valence-electron chi connectivity index (χ2n) is 8.72. The number of nitrogens with one attached hydrogen (secondary N) is 1. The zero-order chi connectivity index (χ0) is 24.5. The van der Waals surface area contributed by atoms with E-state index in [0.29, 0.717) is 41.0 Å². The first kappa shape index (κ1) is 22.7. The van der Waals surface area contributed by atoms with Crippen molar-refractivity contribution in [3.8, 4) is 5.75 Å². The maximum Gasteiger partial charge on any atom is 0.336 e. The number of carbonyl (C=O) groups is 2. The number of rotatable bonds is 5. The lowest BCUT2D eigenvalue weighted by atomic mass is 9.71. The van der Waals surface area contributed by atoms with Gasteiger partial charge in [-0.15, -0.1) is 0 Å². The molecule has 0 bridgehead atoms. The van der Waals surface area contributed by atoms with Crippen LogP contribution in [0.5, 0.6) is 5.75 Å². The van der Waals surface area contributed by atoms with Crippen LogP contribution in [0.15, 0.2) is 87.0 Å². The quantitative estimate of drug-likeness (QED) is 0.552. The van der Waals surface area contributed by atoms with Gasteiger partial charge in [-0.3, -0.25) is 9.59 Å². The van der Waals surface area contributed by atoms with Crippen LogP contribution in [0.4, 0.5) is 0 Å². The summed E-state index contributed by atoms with van der Waals surface area (Å²) in [6.07, 6.45) is 4.30. The third kappa shape index (κ3) is 4.14. The molecule has 0 saturated heterocycles. The molecule has 2 aliphatic rings. The molecule has 3 aromatic rings. The minimum absolute atomic E-state index is 0.0273. The van der Waals surface area contributed by atoms with Crippen LogP contribution in [0.1, 0.15) is 36.8 Å². The predicted octanol–water partition coefficient (Wildman–Crippen LogP) is 4.37. The van der Waals surface area contributed by atoms with E-state index in [4.69, 9.17) is 13.9 Å². The molecule has 2 atom stereocenters. The zero-order valence-electron chi connectivity index (χ0n) is 19.5. The molecule has 7 nitrogen and oxygen atoms in total. The Kier molecular flexibility index (Phi) is 5.99. The summed E-state index contributed by atoms with van der Waals surface area (Å²) in [6.45, 7) is 1.80. The average Bonchev–Trinajstić information content (AvgIpc) is 2.87. The molecule has 0 amide bonds. The molecule has 2 unspecified atom stereocenters. The van der Waals surface area contributed by atoms with Gasteiger partial charge in [0.25, 0.3) is 0 Å². The highest BCUT2D eigenvalue weighted by Gasteiger charge is 2.44. The molecule has 2 heterocycles. The minimum atomic E-state index is -0.806. The van der Waals surface area contributed by atoms with Crippen molar-refractivity contribution in [3.63, 3.8) is 0 Å². The number of allylic oxidation sites excluding steroid dienone is 3. The second kappa shape index (κ2) is 9.25. The Hall–Kier alpha value is -4.13. The van der Waals surface area contributed by atoms with Gasteiger partial charge in [-0.2, -0.15) is 0 Å². The van der Waals surface area contributed by atoms with Gasteiger partial charge in [-0.25, -0.2) is 4.79 Å². The maximum absolute atomic E-state index is 13.5. The van der Waals surface area contributed by atoms with E-state index in [1.165, 1.54) is 6.26 Å². The number of ketones is 1. The molecule has 0 radical (unpaired) electrons. The summed E-state index contributed by atoms with van der Waals surface area (Å²) in [5.74, 6) is -1.39. The molecule has 178 valence electrons. The first-order valence-corrected chi connectivity index (χ1v) is 11.5. The SMILES string of the molecule is COc1ccc(COC(=O)C2=C(C)NC3=CCCC(=O)C3C2c2coc3ccccc3c2=O)cc1. The molecule has 0 spiro atoms. The van der Waals surface area contributed by atoms with Crippen molar-refractivity contribution in [1.29, 1.82) is 0 Å². The molecule has 2 aromatic carbocycles. The van der Waals surface area contributed by atoms with Gasteiger partial charge in [0.15, 0.2) is 5.43 Å². The van der Waals surface area contributed by atoms with Gasteiger partial charge in [0.05, 0.1) is 30.3 Å². The minimum Gasteiger partial charge on any atom is -0.497 e. The number of ether oxygens (including phenoxy) is 2. The molecule has 7 heteroatoms. The second-order valence-corrected chi connectivity index (χ2v) is 8.72. The molecule has 1 aromatic heterocycles. The van der Waals surface area contributed by atoms with Crippen molar-refractivity contribution >= 4 is 22.7 Å². The molecule has 1 aliphatic carbocycles. The zero-order valence-corrected chi connectivity index (χ0v) is 19.5. The van der Waals surface area contributed by atoms with E-state index in [1.54, 1.807) is 50.4 Å². The van der Waals surface area contributed by atoms with Crippen LogP contribution >= 0.6 is 0 Å². The highest BCUT2D eigenvalue weighted by atomic mass is 16.5. The van der Waals surface area contributed by atoms with Gasteiger partial charge >= 0.3 is 5.97 Å². The van der Waals surface area contributed by atoms with Crippen molar-refractivity contribution in [1.82, 2.24) is 5.32 Å². The standard InChI is InChI=1S/C28H25NO6/c1-16-24(28(32)35-14-17-10-12-18(33-2)13-11-17)25(26-21(29-16)7-5-8-22(26)30)20-15-34-23-9-4-3-6-19(23)27(20)31/h3-4,6-7,9-13,15,25-26,29H,5,8,14H2,1-2H3. The van der Waals surface area contributed by atoms with E-state index in [9.17, 15) is 14.4 Å². The largest absolute Gasteiger partial charge is 0.497 e. The fourth-order valence-electron chi connectivity index (χ4n) is 4.87. The van der Waals surface area contributed by atoms with Crippen molar-refractivity contribution in [2.45, 2.75) is 32.3 Å². The lowest BCUT2D eigenvalue weighted by molar-refractivity contribution is -0.141. The Bertz CT molecular complexity index is 1430. The number of fused-ring (bicyclic) bond motifs is 2. The topological polar surface area (TPSA) is 94.8 Å². The van der Waals surface area contributed by atoms with Crippen molar-refractivity contribution < 1.29 is 23.5 Å². The van der Waals surface area contributed by atoms with Crippen molar-refractivity contribution in [2.24, 2.45) is 5.92 Å². The van der Waals surface area contributed by atoms with Gasteiger partial charge in [0, 0.05) is 29.3 Å². The van der Waals surface area contributed by atoms with Gasteiger partial charge in [0.2, 0.25) is 0 Å². The number of carbonyl (C=O) groups excluding carboxylic acids is 2. The van der Waals surface area contributed by atoms with E-state index >= 15 is 0 Å². The first-order chi connectivity index (χ1) is 17.0. The van der Waals surface area contributed by atoms with Gasteiger partial charge in [-0.05, 0) is 43.2 Å². The molecule has 35 heavy (non-hydrogen) atoms. The summed E-state index contributed by atoms with van der Waals surface area (Å²) in [6, 6.07) is 14.1. The van der Waals surface area contributed by atoms with Crippen molar-refractivity contribution in [2.75, 3.05) is 7.11 Å². The lowest BCUT2D eigenvalue weighted by Gasteiger charge is -2.37. The monoisotopic (exact) mass is 471 g/mol. The Balaban J connectivity index is 1.56. The number of para-hydroxylation sites is 1. The van der Waals surface area contributed by atoms with E-state index in [-0.39, 0.29) is 29.0 Å². The van der Waals surface area contributed by atoms with Crippen LogP contribution in [0.25, 0.3) is 11.0 Å². The van der Waals surface area contributed by atoms with Gasteiger partial charge in [-0.1, -0.05) is 30.3 Å². The van der Waals surface area contributed by atoms with Crippen LogP contribution in [0.2, 0.25) is 0 Å². The fraction of sp³-hybridized carbons (Fsp3) is 0.250. The number of Topliss-reactive ketones (excluding diaryl/α,β-unsaturated/α-hetero) is 1. The van der Waals surface area contributed by atoms with Crippen LogP contribution in [0, 0.1) is 5.92 Å². The third-order valence-corrected chi connectivity index (χ3v) is 6.61. The normalized spacial score (nSPS) is 19.6. The highest BCUT2D eigenvalue weighted by Crippen LogP contribution is 2.43. The fourth-order valence-corrected chi connectivity index (χ4v) is 4.87. The average molecular weight is 472 g/mol. The Labute approximate surface area is 202 Å². The molecule has 1 aliphatic heterocycles. The Morgan fingerprint density at radius 2 is 1.86 bits per heavy atom. The van der Waals surface area contributed by atoms with Gasteiger partial charge < -0.3 is 19.2 Å². The summed E-state index contributed by atoms with van der Waals surface area (Å²) < 4.78 is 16.6. The van der Waals surface area contributed by atoms with E-state index in [0.717, 1.165) is 5.56 Å². The van der Waals surface area contributed by atoms with Crippen LogP contribution < -0.4 is 15.5 Å². The molecule has 1 N–H and O–H groups in total. The Morgan fingerprint density at radius 1 is 1.09 bits per heavy atom. The number of esters is 1. The summed E-state index contributed by atoms with van der Waals surface area (Å²) >= 11 is 0. The molecule has 5 rings (SSSR count). The number of hydrogen-bond acceptors (Lipinski definition) is 7. The molecular weight excluding hydrogens is 446 g/mol. The summed E-state index contributed by atoms with van der Waals surface area (Å²) in [4.78, 5) is 40.1. The molecule has 0 saturated carbocycles. The van der Waals surface area contributed by atoms with E-state index in [2.05, 4.69) is 5.32 Å². The summed E-state index contributed by atoms with van der Waals surface area (Å²) in [5.41, 5.74) is 2.78. The van der Waals surface area contributed by atoms with E-state index in [1.807, 2.05) is 18.2 Å². The van der Waals surface area contributed by atoms with Crippen molar-refractivity contribution in [3.05, 3.63) is 99.2 Å². The van der Waals surface area contributed by atoms with Gasteiger partial charge in [0.1, 0.15) is 23.7 Å². The Morgan fingerprint density at radius 3 is 2.63 bits per heavy atom. The lowest BCUT2D eigenvalue weighted by Crippen LogP contribution is -2.42. The summed E-state index contributed by atoms with van der Waals surface area (Å²) in [7, 11) is 1.58. The molecular formula is C28H25NO6. The third-order valence-electron chi connectivity index (χ3n) is 6.61.